The van der Waals surface area contributed by atoms with Crippen LogP contribution in [0.1, 0.15) is 103 Å². The fourth-order valence-corrected chi connectivity index (χ4v) is 3.82. The maximum Gasteiger partial charge on any atom is 0.336 e. The highest BCUT2D eigenvalue weighted by Crippen LogP contribution is 2.24. The largest absolute Gasteiger partial charge is 0.462 e. The minimum Gasteiger partial charge on any atom is -0.462 e. The maximum absolute atomic E-state index is 12.9. The van der Waals surface area contributed by atoms with Crippen LogP contribution in [0.25, 0.3) is 11.4 Å². The van der Waals surface area contributed by atoms with Gasteiger partial charge in [-0.25, -0.2) is 0 Å². The Morgan fingerprint density at radius 2 is 1.62 bits per heavy atom. The summed E-state index contributed by atoms with van der Waals surface area (Å²) in [4.78, 5) is 17.4. The van der Waals surface area contributed by atoms with E-state index < -0.39 is 0 Å². The molecule has 0 amide bonds. The first-order valence-corrected chi connectivity index (χ1v) is 12.8. The zero-order valence-corrected chi connectivity index (χ0v) is 20.9. The molecule has 178 valence electrons. The SMILES string of the molecule is CCCCCCCCCCCCCC(=O)n1nc(OCC(C)C)nc1-c1cccc(Cl)c1. The van der Waals surface area contributed by atoms with E-state index in [2.05, 4.69) is 30.9 Å². The fraction of sp³-hybridized carbons (Fsp3) is 0.654. The van der Waals surface area contributed by atoms with Gasteiger partial charge in [-0.2, -0.15) is 9.67 Å². The van der Waals surface area contributed by atoms with Crippen LogP contribution in [0.4, 0.5) is 0 Å². The van der Waals surface area contributed by atoms with Crippen molar-refractivity contribution in [3.8, 4) is 17.4 Å². The lowest BCUT2D eigenvalue weighted by Crippen LogP contribution is -2.14. The molecule has 0 aliphatic rings. The first-order valence-electron chi connectivity index (χ1n) is 12.4. The molecule has 1 aromatic heterocycles. The van der Waals surface area contributed by atoms with E-state index >= 15 is 0 Å². The molecule has 0 aliphatic heterocycles. The summed E-state index contributed by atoms with van der Waals surface area (Å²) in [5.74, 6) is 0.783. The number of rotatable bonds is 16. The third kappa shape index (κ3) is 9.72. The van der Waals surface area contributed by atoms with Crippen molar-refractivity contribution in [3.63, 3.8) is 0 Å². The standard InChI is InChI=1S/C26H40ClN3O2/c1-4-5-6-7-8-9-10-11-12-13-14-18-24(31)30-25(22-16-15-17-23(27)19-22)28-26(29-30)32-20-21(2)3/h15-17,19,21H,4-14,18,20H2,1-3H3. The van der Waals surface area contributed by atoms with Gasteiger partial charge in [0.25, 0.3) is 0 Å². The average Bonchev–Trinajstić information content (AvgIpc) is 3.20. The predicted octanol–water partition coefficient (Wildman–Crippen LogP) is 7.97. The van der Waals surface area contributed by atoms with Gasteiger partial charge in [0.1, 0.15) is 0 Å². The Morgan fingerprint density at radius 1 is 1.00 bits per heavy atom. The van der Waals surface area contributed by atoms with Gasteiger partial charge in [0.2, 0.25) is 5.91 Å². The molecule has 1 heterocycles. The fourth-order valence-electron chi connectivity index (χ4n) is 3.63. The molecule has 0 saturated carbocycles. The van der Waals surface area contributed by atoms with Gasteiger partial charge in [-0.3, -0.25) is 4.79 Å². The van der Waals surface area contributed by atoms with Crippen LogP contribution < -0.4 is 4.74 Å². The molecule has 0 aliphatic carbocycles. The summed E-state index contributed by atoms with van der Waals surface area (Å²) in [5.41, 5.74) is 0.761. The Hall–Kier alpha value is -1.88. The minimum atomic E-state index is -0.0530. The molecule has 0 atom stereocenters. The number of benzene rings is 1. The molecule has 0 saturated heterocycles. The second-order valence-electron chi connectivity index (χ2n) is 9.02. The highest BCUT2D eigenvalue weighted by Gasteiger charge is 2.19. The Morgan fingerprint density at radius 3 is 2.22 bits per heavy atom. The molecule has 2 aromatic rings. The summed E-state index contributed by atoms with van der Waals surface area (Å²) >= 11 is 6.15. The summed E-state index contributed by atoms with van der Waals surface area (Å²) < 4.78 is 7.06. The lowest BCUT2D eigenvalue weighted by atomic mass is 10.1. The summed E-state index contributed by atoms with van der Waals surface area (Å²) in [5, 5.41) is 4.95. The Kier molecular flexibility index (Phi) is 12.4. The number of hydrogen-bond acceptors (Lipinski definition) is 4. The van der Waals surface area contributed by atoms with E-state index in [9.17, 15) is 4.79 Å². The number of aromatic nitrogens is 3. The predicted molar refractivity (Wildman–Crippen MR) is 133 cm³/mol. The van der Waals surface area contributed by atoms with Gasteiger partial charge >= 0.3 is 6.01 Å². The molecule has 0 radical (unpaired) electrons. The number of ether oxygens (including phenoxy) is 1. The van der Waals surface area contributed by atoms with Crippen LogP contribution in [0.15, 0.2) is 24.3 Å². The van der Waals surface area contributed by atoms with Gasteiger partial charge in [0, 0.05) is 17.0 Å². The second-order valence-corrected chi connectivity index (χ2v) is 9.46. The topological polar surface area (TPSA) is 57.0 Å². The highest BCUT2D eigenvalue weighted by molar-refractivity contribution is 6.30. The van der Waals surface area contributed by atoms with Crippen molar-refractivity contribution in [2.24, 2.45) is 5.92 Å². The number of carbonyl (C=O) groups excluding carboxylic acids is 1. The molecular formula is C26H40ClN3O2. The summed E-state index contributed by atoms with van der Waals surface area (Å²) in [6.07, 6.45) is 14.3. The molecule has 5 nitrogen and oxygen atoms in total. The zero-order chi connectivity index (χ0) is 23.2. The van der Waals surface area contributed by atoms with Crippen molar-refractivity contribution < 1.29 is 9.53 Å². The van der Waals surface area contributed by atoms with E-state index in [-0.39, 0.29) is 11.9 Å². The van der Waals surface area contributed by atoms with Gasteiger partial charge in [-0.1, -0.05) is 109 Å². The normalized spacial score (nSPS) is 11.3. The van der Waals surface area contributed by atoms with Crippen LogP contribution in [0.3, 0.4) is 0 Å². The lowest BCUT2D eigenvalue weighted by Gasteiger charge is -2.05. The lowest BCUT2D eigenvalue weighted by molar-refractivity contribution is 0.0882. The Balaban J connectivity index is 1.82. The molecule has 6 heteroatoms. The monoisotopic (exact) mass is 461 g/mol. The maximum atomic E-state index is 12.9. The first kappa shape index (κ1) is 26.4. The zero-order valence-electron chi connectivity index (χ0n) is 20.1. The van der Waals surface area contributed by atoms with Crippen molar-refractivity contribution in [2.75, 3.05) is 6.61 Å². The number of carbonyl (C=O) groups is 1. The van der Waals surface area contributed by atoms with Gasteiger partial charge in [-0.05, 0) is 24.5 Å². The van der Waals surface area contributed by atoms with E-state index in [0.29, 0.717) is 29.8 Å². The highest BCUT2D eigenvalue weighted by atomic mass is 35.5. The Bertz CT molecular complexity index is 804. The van der Waals surface area contributed by atoms with E-state index in [0.717, 1.165) is 18.4 Å². The molecule has 2 rings (SSSR count). The number of nitrogens with zero attached hydrogens (tertiary/aromatic N) is 3. The van der Waals surface area contributed by atoms with Crippen LogP contribution in [-0.4, -0.2) is 27.3 Å². The molecule has 32 heavy (non-hydrogen) atoms. The summed E-state index contributed by atoms with van der Waals surface area (Å²) in [7, 11) is 0. The molecular weight excluding hydrogens is 422 g/mol. The third-order valence-electron chi connectivity index (χ3n) is 5.45. The molecule has 1 aromatic carbocycles. The van der Waals surface area contributed by atoms with Crippen LogP contribution in [-0.2, 0) is 0 Å². The van der Waals surface area contributed by atoms with E-state index in [4.69, 9.17) is 16.3 Å². The van der Waals surface area contributed by atoms with Crippen molar-refractivity contribution >= 4 is 17.5 Å². The minimum absolute atomic E-state index is 0.0530. The second kappa shape index (κ2) is 15.0. The van der Waals surface area contributed by atoms with Gasteiger partial charge in [0.15, 0.2) is 5.82 Å². The van der Waals surface area contributed by atoms with Crippen LogP contribution in [0.2, 0.25) is 5.02 Å². The smallest absolute Gasteiger partial charge is 0.336 e. The summed E-state index contributed by atoms with van der Waals surface area (Å²) in [6.45, 7) is 6.88. The number of hydrogen-bond donors (Lipinski definition) is 0. The molecule has 0 unspecified atom stereocenters. The average molecular weight is 462 g/mol. The van der Waals surface area contributed by atoms with E-state index in [1.54, 1.807) is 12.1 Å². The van der Waals surface area contributed by atoms with Crippen LogP contribution >= 0.6 is 11.6 Å². The van der Waals surface area contributed by atoms with E-state index in [1.165, 1.54) is 62.5 Å². The van der Waals surface area contributed by atoms with Crippen molar-refractivity contribution in [3.05, 3.63) is 29.3 Å². The van der Waals surface area contributed by atoms with Gasteiger partial charge in [-0.15, -0.1) is 5.10 Å². The summed E-state index contributed by atoms with van der Waals surface area (Å²) in [6, 6.07) is 7.56. The molecule has 0 bridgehead atoms. The van der Waals surface area contributed by atoms with Crippen LogP contribution in [0.5, 0.6) is 6.01 Å². The molecule has 0 fully saturated rings. The third-order valence-corrected chi connectivity index (χ3v) is 5.68. The van der Waals surface area contributed by atoms with Crippen molar-refractivity contribution in [2.45, 2.75) is 97.8 Å². The quantitative estimate of drug-likeness (QED) is 0.238. The first-order chi connectivity index (χ1) is 15.5. The van der Waals surface area contributed by atoms with E-state index in [1.807, 2.05) is 12.1 Å². The number of unbranched alkanes of at least 4 members (excludes halogenated alkanes) is 10. The molecule has 0 N–H and O–H groups in total. The van der Waals surface area contributed by atoms with Gasteiger partial charge in [0.05, 0.1) is 6.61 Å². The Labute approximate surface area is 198 Å². The van der Waals surface area contributed by atoms with Crippen LogP contribution in [0, 0.1) is 5.92 Å². The number of halogens is 1. The van der Waals surface area contributed by atoms with Gasteiger partial charge < -0.3 is 4.74 Å². The molecule has 0 spiro atoms. The van der Waals surface area contributed by atoms with Crippen molar-refractivity contribution in [1.82, 2.24) is 14.8 Å². The van der Waals surface area contributed by atoms with Crippen molar-refractivity contribution in [1.29, 1.82) is 0 Å².